The van der Waals surface area contributed by atoms with Crippen molar-refractivity contribution in [2.24, 2.45) is 0 Å². The summed E-state index contributed by atoms with van der Waals surface area (Å²) in [5.74, 6) is 0.889. The number of hydrogen-bond acceptors (Lipinski definition) is 8. The first-order valence-electron chi connectivity index (χ1n) is 14.2. The largest absolute Gasteiger partial charge is 0.379 e. The minimum absolute atomic E-state index is 0.178. The molecule has 4 aliphatic rings. The summed E-state index contributed by atoms with van der Waals surface area (Å²) in [7, 11) is -3.60. The van der Waals surface area contributed by atoms with Crippen molar-refractivity contribution < 1.29 is 22.5 Å². The van der Waals surface area contributed by atoms with Gasteiger partial charge in [-0.25, -0.2) is 0 Å². The predicted octanol–water partition coefficient (Wildman–Crippen LogP) is 1.37. The van der Waals surface area contributed by atoms with Gasteiger partial charge in [-0.3, -0.25) is 9.69 Å². The molecule has 1 aromatic heterocycles. The van der Waals surface area contributed by atoms with Crippen molar-refractivity contribution in [3.05, 3.63) is 29.7 Å². The van der Waals surface area contributed by atoms with Crippen molar-refractivity contribution in [3.63, 3.8) is 0 Å². The molecule has 3 fully saturated rings. The Morgan fingerprint density at radius 2 is 1.74 bits per heavy atom. The molecule has 12 heteroatoms. The molecule has 0 aromatic carbocycles. The fraction of sp³-hybridized carbons (Fsp3) is 0.769. The van der Waals surface area contributed by atoms with Gasteiger partial charge in [-0.05, 0) is 64.5 Å². The molecule has 1 amide bonds. The number of nitrogens with one attached hydrogen (secondary N) is 3. The number of ether oxygens (including phenoxy) is 1. The number of rotatable bonds is 11. The molecule has 11 nitrogen and oxygen atoms in total. The highest BCUT2D eigenvalue weighted by molar-refractivity contribution is 7.87. The van der Waals surface area contributed by atoms with E-state index in [0.29, 0.717) is 44.3 Å². The standard InChI is InChI=1S/C26H42N6O5S/c33-26(24-19-25(37-29-24)20-6-7-20)28-22-4-1-2-5-23(18-22)30-38(34,35)32-12-8-21(9-13-32)27-10-3-11-31-14-16-36-17-15-31/h1-2,19-23,27,30H,3-18H2,(H,28,33)/t22-,23-/m0/s1. The molecule has 1 saturated carbocycles. The van der Waals surface area contributed by atoms with Crippen LogP contribution in [0.25, 0.3) is 0 Å². The highest BCUT2D eigenvalue weighted by Crippen LogP contribution is 2.40. The molecule has 38 heavy (non-hydrogen) atoms. The predicted molar refractivity (Wildman–Crippen MR) is 143 cm³/mol. The van der Waals surface area contributed by atoms with E-state index in [1.165, 1.54) is 0 Å². The van der Waals surface area contributed by atoms with Crippen LogP contribution >= 0.6 is 0 Å². The topological polar surface area (TPSA) is 129 Å². The van der Waals surface area contributed by atoms with Gasteiger partial charge in [0.05, 0.1) is 13.2 Å². The lowest BCUT2D eigenvalue weighted by Crippen LogP contribution is -2.52. The summed E-state index contributed by atoms with van der Waals surface area (Å²) in [5, 5.41) is 10.5. The molecule has 0 radical (unpaired) electrons. The van der Waals surface area contributed by atoms with Gasteiger partial charge in [-0.2, -0.15) is 17.4 Å². The molecule has 1 aromatic rings. The summed E-state index contributed by atoms with van der Waals surface area (Å²) < 4.78 is 41.5. The van der Waals surface area contributed by atoms with Gasteiger partial charge >= 0.3 is 0 Å². The minimum Gasteiger partial charge on any atom is -0.379 e. The molecule has 0 bridgehead atoms. The zero-order valence-corrected chi connectivity index (χ0v) is 23.0. The SMILES string of the molecule is O=C(N[C@H]1CC=CC[C@H](NS(=O)(=O)N2CCC(NCCCN3CCOCC3)CC2)C1)c1cc(C2CC2)on1. The molecule has 2 aliphatic carbocycles. The van der Waals surface area contributed by atoms with E-state index in [1.54, 1.807) is 10.4 Å². The van der Waals surface area contributed by atoms with Crippen LogP contribution in [0, 0.1) is 0 Å². The van der Waals surface area contributed by atoms with E-state index in [4.69, 9.17) is 9.26 Å². The maximum atomic E-state index is 13.2. The van der Waals surface area contributed by atoms with E-state index < -0.39 is 10.2 Å². The van der Waals surface area contributed by atoms with Crippen LogP contribution in [0.4, 0.5) is 0 Å². The minimum atomic E-state index is -3.60. The van der Waals surface area contributed by atoms with Crippen LogP contribution in [-0.4, -0.2) is 99.3 Å². The van der Waals surface area contributed by atoms with Gasteiger partial charge in [0.1, 0.15) is 5.76 Å². The molecular weight excluding hydrogens is 508 g/mol. The number of aromatic nitrogens is 1. The molecule has 5 rings (SSSR count). The molecule has 0 unspecified atom stereocenters. The Balaban J connectivity index is 1.03. The summed E-state index contributed by atoms with van der Waals surface area (Å²) in [6.45, 7) is 6.71. The average molecular weight is 551 g/mol. The summed E-state index contributed by atoms with van der Waals surface area (Å²) in [5.41, 5.74) is 0.287. The van der Waals surface area contributed by atoms with E-state index in [1.807, 2.05) is 12.2 Å². The fourth-order valence-corrected chi connectivity index (χ4v) is 6.96. The first kappa shape index (κ1) is 27.7. The summed E-state index contributed by atoms with van der Waals surface area (Å²) >= 11 is 0. The number of morpholine rings is 1. The Labute approximate surface area is 225 Å². The second-order valence-electron chi connectivity index (χ2n) is 11.0. The van der Waals surface area contributed by atoms with Crippen LogP contribution in [0.5, 0.6) is 0 Å². The van der Waals surface area contributed by atoms with Gasteiger partial charge < -0.3 is 19.9 Å². The van der Waals surface area contributed by atoms with E-state index in [9.17, 15) is 13.2 Å². The summed E-state index contributed by atoms with van der Waals surface area (Å²) in [4.78, 5) is 15.1. The highest BCUT2D eigenvalue weighted by atomic mass is 32.2. The first-order valence-corrected chi connectivity index (χ1v) is 15.6. The number of amides is 1. The number of nitrogens with zero attached hydrogens (tertiary/aromatic N) is 3. The van der Waals surface area contributed by atoms with Crippen LogP contribution in [0.2, 0.25) is 0 Å². The first-order chi connectivity index (χ1) is 18.5. The molecule has 2 aliphatic heterocycles. The van der Waals surface area contributed by atoms with Crippen molar-refractivity contribution in [2.75, 3.05) is 52.5 Å². The second-order valence-corrected chi connectivity index (χ2v) is 12.7. The van der Waals surface area contributed by atoms with Crippen molar-refractivity contribution in [1.82, 2.24) is 29.7 Å². The van der Waals surface area contributed by atoms with Crippen LogP contribution < -0.4 is 15.4 Å². The average Bonchev–Trinajstić information content (AvgIpc) is 3.69. The lowest BCUT2D eigenvalue weighted by molar-refractivity contribution is 0.0373. The lowest BCUT2D eigenvalue weighted by atomic mass is 10.1. The summed E-state index contributed by atoms with van der Waals surface area (Å²) in [6, 6.07) is 1.62. The zero-order valence-electron chi connectivity index (χ0n) is 22.1. The zero-order chi connectivity index (χ0) is 26.4. The smallest absolute Gasteiger partial charge is 0.279 e. The highest BCUT2D eigenvalue weighted by Gasteiger charge is 2.32. The summed E-state index contributed by atoms with van der Waals surface area (Å²) in [6.07, 6.45) is 10.6. The Bertz CT molecular complexity index is 1040. The van der Waals surface area contributed by atoms with Gasteiger partial charge in [0.25, 0.3) is 16.1 Å². The van der Waals surface area contributed by atoms with E-state index in [2.05, 4.69) is 25.4 Å². The Kier molecular flexibility index (Phi) is 9.50. The van der Waals surface area contributed by atoms with Crippen LogP contribution in [0.3, 0.4) is 0 Å². The van der Waals surface area contributed by atoms with Gasteiger partial charge in [0.15, 0.2) is 5.69 Å². The van der Waals surface area contributed by atoms with Crippen molar-refractivity contribution in [1.29, 1.82) is 0 Å². The number of carbonyl (C=O) groups is 1. The lowest BCUT2D eigenvalue weighted by Gasteiger charge is -2.33. The van der Waals surface area contributed by atoms with Gasteiger partial charge in [-0.1, -0.05) is 17.3 Å². The molecule has 2 saturated heterocycles. The second kappa shape index (κ2) is 13.0. The molecule has 3 N–H and O–H groups in total. The number of piperidine rings is 1. The maximum absolute atomic E-state index is 13.2. The van der Waals surface area contributed by atoms with Crippen LogP contribution in [0.1, 0.15) is 73.5 Å². The normalized spacial score (nSPS) is 26.3. The van der Waals surface area contributed by atoms with Gasteiger partial charge in [0.2, 0.25) is 0 Å². The maximum Gasteiger partial charge on any atom is 0.279 e. The Morgan fingerprint density at radius 1 is 1.00 bits per heavy atom. The third-order valence-corrected chi connectivity index (χ3v) is 9.63. The third kappa shape index (κ3) is 7.86. The van der Waals surface area contributed by atoms with E-state index >= 15 is 0 Å². The quantitative estimate of drug-likeness (QED) is 0.278. The van der Waals surface area contributed by atoms with Crippen LogP contribution in [0.15, 0.2) is 22.7 Å². The monoisotopic (exact) mass is 550 g/mol. The number of carbonyl (C=O) groups excluding carboxylic acids is 1. The Hall–Kier alpha value is -1.83. The fourth-order valence-electron chi connectivity index (χ4n) is 5.51. The van der Waals surface area contributed by atoms with Crippen molar-refractivity contribution in [3.8, 4) is 0 Å². The van der Waals surface area contributed by atoms with Crippen molar-refractivity contribution in [2.45, 2.75) is 75.4 Å². The molecule has 3 heterocycles. The molecule has 212 valence electrons. The number of hydrogen-bond donors (Lipinski definition) is 3. The van der Waals surface area contributed by atoms with E-state index in [-0.39, 0.29) is 23.7 Å². The molecular formula is C26H42N6O5S. The van der Waals surface area contributed by atoms with E-state index in [0.717, 1.165) is 77.3 Å². The Morgan fingerprint density at radius 3 is 2.47 bits per heavy atom. The van der Waals surface area contributed by atoms with Gasteiger partial charge in [0, 0.05) is 56.3 Å². The molecule has 2 atom stereocenters. The van der Waals surface area contributed by atoms with Gasteiger partial charge in [-0.15, -0.1) is 0 Å². The third-order valence-electron chi connectivity index (χ3n) is 7.95. The van der Waals surface area contributed by atoms with Crippen LogP contribution in [-0.2, 0) is 14.9 Å². The van der Waals surface area contributed by atoms with Crippen molar-refractivity contribution >= 4 is 16.1 Å². The molecule has 0 spiro atoms.